The fourth-order valence-electron chi connectivity index (χ4n) is 1.68. The molecule has 4 nitrogen and oxygen atoms in total. The van der Waals surface area contributed by atoms with Gasteiger partial charge >= 0.3 is 0 Å². The van der Waals surface area contributed by atoms with Gasteiger partial charge in [0.2, 0.25) is 0 Å². The molecular formula is C14H17N3O. The summed E-state index contributed by atoms with van der Waals surface area (Å²) in [6.45, 7) is 3.38. The summed E-state index contributed by atoms with van der Waals surface area (Å²) < 4.78 is 5.40. The van der Waals surface area contributed by atoms with E-state index in [1.54, 1.807) is 0 Å². The molecule has 0 fully saturated rings. The predicted octanol–water partition coefficient (Wildman–Crippen LogP) is 2.26. The lowest BCUT2D eigenvalue weighted by Gasteiger charge is -2.05. The molecule has 0 spiro atoms. The van der Waals surface area contributed by atoms with E-state index < -0.39 is 0 Å². The number of rotatable bonds is 5. The molecule has 0 amide bonds. The lowest BCUT2D eigenvalue weighted by Crippen LogP contribution is -2.07. The molecule has 0 bridgehead atoms. The van der Waals surface area contributed by atoms with Crippen molar-refractivity contribution in [1.29, 1.82) is 0 Å². The molecule has 4 heteroatoms. The molecule has 0 radical (unpaired) electrons. The van der Waals surface area contributed by atoms with Gasteiger partial charge < -0.3 is 10.1 Å². The van der Waals surface area contributed by atoms with E-state index in [2.05, 4.69) is 15.5 Å². The first kappa shape index (κ1) is 12.5. The third-order valence-corrected chi connectivity index (χ3v) is 2.54. The van der Waals surface area contributed by atoms with Gasteiger partial charge in [0.25, 0.3) is 0 Å². The van der Waals surface area contributed by atoms with Crippen LogP contribution in [0.4, 0.5) is 0 Å². The van der Waals surface area contributed by atoms with Crippen molar-refractivity contribution in [3.05, 3.63) is 42.1 Å². The summed E-state index contributed by atoms with van der Waals surface area (Å²) in [6.07, 6.45) is 0. The fourth-order valence-corrected chi connectivity index (χ4v) is 1.68. The van der Waals surface area contributed by atoms with E-state index >= 15 is 0 Å². The molecule has 94 valence electrons. The molecule has 0 atom stereocenters. The first-order valence-corrected chi connectivity index (χ1v) is 6.04. The van der Waals surface area contributed by atoms with Gasteiger partial charge in [-0.05, 0) is 50.4 Å². The Morgan fingerprint density at radius 2 is 1.83 bits per heavy atom. The zero-order valence-electron chi connectivity index (χ0n) is 10.7. The normalized spacial score (nSPS) is 10.3. The first-order valence-electron chi connectivity index (χ1n) is 6.04. The van der Waals surface area contributed by atoms with Gasteiger partial charge in [0.1, 0.15) is 5.75 Å². The van der Waals surface area contributed by atoms with Crippen LogP contribution in [-0.2, 0) is 6.54 Å². The molecular weight excluding hydrogens is 226 g/mol. The summed E-state index contributed by atoms with van der Waals surface area (Å²) in [7, 11) is 1.89. The van der Waals surface area contributed by atoms with Crippen LogP contribution in [-0.4, -0.2) is 23.9 Å². The second-order valence-electron chi connectivity index (χ2n) is 3.90. The van der Waals surface area contributed by atoms with Crippen LogP contribution in [0.15, 0.2) is 36.4 Å². The Bertz CT molecular complexity index is 432. The lowest BCUT2D eigenvalue weighted by atomic mass is 10.1. The minimum atomic E-state index is 0.678. The number of hydrogen-bond donors (Lipinski definition) is 1. The van der Waals surface area contributed by atoms with Crippen LogP contribution in [0.3, 0.4) is 0 Å². The molecule has 2 rings (SSSR count). The third kappa shape index (κ3) is 3.05. The number of ether oxygens (including phenoxy) is 1. The zero-order valence-corrected chi connectivity index (χ0v) is 10.7. The number of nitrogens with zero attached hydrogens (tertiary/aromatic N) is 2. The van der Waals surface area contributed by atoms with Crippen molar-refractivity contribution in [2.75, 3.05) is 13.7 Å². The lowest BCUT2D eigenvalue weighted by molar-refractivity contribution is 0.340. The van der Waals surface area contributed by atoms with Gasteiger partial charge in [-0.25, -0.2) is 0 Å². The van der Waals surface area contributed by atoms with E-state index in [1.807, 2.05) is 50.4 Å². The summed E-state index contributed by atoms with van der Waals surface area (Å²) in [4.78, 5) is 0. The molecule has 0 unspecified atom stereocenters. The second kappa shape index (κ2) is 6.12. The molecule has 1 aromatic heterocycles. The Kier molecular flexibility index (Phi) is 4.25. The van der Waals surface area contributed by atoms with Crippen LogP contribution < -0.4 is 10.1 Å². The Hall–Kier alpha value is -1.94. The molecule has 0 saturated heterocycles. The van der Waals surface area contributed by atoms with Crippen molar-refractivity contribution in [3.8, 4) is 17.0 Å². The van der Waals surface area contributed by atoms with Crippen molar-refractivity contribution in [3.63, 3.8) is 0 Å². The fraction of sp³-hybridized carbons (Fsp3) is 0.286. The highest BCUT2D eigenvalue weighted by atomic mass is 16.5. The molecule has 18 heavy (non-hydrogen) atoms. The van der Waals surface area contributed by atoms with E-state index in [0.717, 1.165) is 29.2 Å². The standard InChI is InChI=1S/C14H17N3O/c1-3-18-13-7-4-11(5-8-13)14-9-6-12(10-15-2)16-17-14/h4-9,15H,3,10H2,1-2H3. The number of benzene rings is 1. The minimum absolute atomic E-state index is 0.678. The maximum atomic E-state index is 5.40. The van der Waals surface area contributed by atoms with Crippen LogP contribution in [0.5, 0.6) is 5.75 Å². The van der Waals surface area contributed by atoms with E-state index in [4.69, 9.17) is 4.74 Å². The van der Waals surface area contributed by atoms with Crippen LogP contribution in [0.25, 0.3) is 11.3 Å². The average Bonchev–Trinajstić information content (AvgIpc) is 2.41. The minimum Gasteiger partial charge on any atom is -0.494 e. The Morgan fingerprint density at radius 3 is 2.39 bits per heavy atom. The number of aromatic nitrogens is 2. The second-order valence-corrected chi connectivity index (χ2v) is 3.90. The largest absolute Gasteiger partial charge is 0.494 e. The zero-order chi connectivity index (χ0) is 12.8. The summed E-state index contributed by atoms with van der Waals surface area (Å²) in [6, 6.07) is 11.8. The first-order chi connectivity index (χ1) is 8.83. The van der Waals surface area contributed by atoms with Crippen molar-refractivity contribution in [2.24, 2.45) is 0 Å². The summed E-state index contributed by atoms with van der Waals surface area (Å²) in [5, 5.41) is 11.4. The van der Waals surface area contributed by atoms with Crippen LogP contribution in [0, 0.1) is 0 Å². The highest BCUT2D eigenvalue weighted by Crippen LogP contribution is 2.20. The summed E-state index contributed by atoms with van der Waals surface area (Å²) in [5.41, 5.74) is 2.85. The summed E-state index contributed by atoms with van der Waals surface area (Å²) in [5.74, 6) is 0.876. The van der Waals surface area contributed by atoms with Crippen molar-refractivity contribution >= 4 is 0 Å². The quantitative estimate of drug-likeness (QED) is 0.875. The molecule has 1 aromatic carbocycles. The van der Waals surface area contributed by atoms with E-state index in [0.29, 0.717) is 6.61 Å². The highest BCUT2D eigenvalue weighted by Gasteiger charge is 2.01. The molecule has 2 aromatic rings. The van der Waals surface area contributed by atoms with Crippen LogP contribution in [0.2, 0.25) is 0 Å². The van der Waals surface area contributed by atoms with Gasteiger partial charge in [0, 0.05) is 12.1 Å². The average molecular weight is 243 g/mol. The molecule has 0 aliphatic rings. The van der Waals surface area contributed by atoms with Crippen molar-refractivity contribution in [1.82, 2.24) is 15.5 Å². The van der Waals surface area contributed by atoms with Crippen LogP contribution in [0.1, 0.15) is 12.6 Å². The smallest absolute Gasteiger partial charge is 0.119 e. The Balaban J connectivity index is 2.15. The van der Waals surface area contributed by atoms with Gasteiger partial charge in [-0.1, -0.05) is 0 Å². The monoisotopic (exact) mass is 243 g/mol. The highest BCUT2D eigenvalue weighted by molar-refractivity contribution is 5.59. The van der Waals surface area contributed by atoms with Gasteiger partial charge in [-0.3, -0.25) is 0 Å². The predicted molar refractivity (Wildman–Crippen MR) is 71.4 cm³/mol. The summed E-state index contributed by atoms with van der Waals surface area (Å²) >= 11 is 0. The molecule has 0 aliphatic carbocycles. The van der Waals surface area contributed by atoms with Gasteiger partial charge in [0.05, 0.1) is 18.0 Å². The molecule has 0 aliphatic heterocycles. The SMILES string of the molecule is CCOc1ccc(-c2ccc(CNC)nn2)cc1. The van der Waals surface area contributed by atoms with E-state index in [9.17, 15) is 0 Å². The van der Waals surface area contributed by atoms with Crippen LogP contribution >= 0.6 is 0 Å². The maximum absolute atomic E-state index is 5.40. The third-order valence-electron chi connectivity index (χ3n) is 2.54. The number of hydrogen-bond acceptors (Lipinski definition) is 4. The molecule has 1 heterocycles. The van der Waals surface area contributed by atoms with Gasteiger partial charge in [-0.2, -0.15) is 10.2 Å². The Morgan fingerprint density at radius 1 is 1.06 bits per heavy atom. The van der Waals surface area contributed by atoms with E-state index in [-0.39, 0.29) is 0 Å². The van der Waals surface area contributed by atoms with Crippen molar-refractivity contribution in [2.45, 2.75) is 13.5 Å². The van der Waals surface area contributed by atoms with Gasteiger partial charge in [-0.15, -0.1) is 0 Å². The molecule has 1 N–H and O–H groups in total. The molecule has 0 saturated carbocycles. The Labute approximate surface area is 107 Å². The van der Waals surface area contributed by atoms with E-state index in [1.165, 1.54) is 0 Å². The topological polar surface area (TPSA) is 47.0 Å². The van der Waals surface area contributed by atoms with Crippen molar-refractivity contribution < 1.29 is 4.74 Å². The van der Waals surface area contributed by atoms with Gasteiger partial charge in [0.15, 0.2) is 0 Å². The number of nitrogens with one attached hydrogen (secondary N) is 1. The maximum Gasteiger partial charge on any atom is 0.119 e.